The Morgan fingerprint density at radius 1 is 0.923 bits per heavy atom. The SMILES string of the molecule is O=C(Nc1ccccc1OCCCc1ccccc1)c1cccc(Cl)c1. The summed E-state index contributed by atoms with van der Waals surface area (Å²) in [7, 11) is 0. The number of hydrogen-bond donors (Lipinski definition) is 1. The Kier molecular flexibility index (Phi) is 6.29. The molecule has 0 saturated carbocycles. The molecule has 0 bridgehead atoms. The van der Waals surface area contributed by atoms with Crippen molar-refractivity contribution in [1.29, 1.82) is 0 Å². The zero-order valence-electron chi connectivity index (χ0n) is 14.3. The van der Waals surface area contributed by atoms with Crippen LogP contribution in [0.3, 0.4) is 0 Å². The minimum atomic E-state index is -0.215. The quantitative estimate of drug-likeness (QED) is 0.553. The van der Waals surface area contributed by atoms with Crippen LogP contribution in [0.2, 0.25) is 5.02 Å². The number of halogens is 1. The first-order valence-corrected chi connectivity index (χ1v) is 8.93. The van der Waals surface area contributed by atoms with Crippen LogP contribution in [-0.4, -0.2) is 12.5 Å². The molecule has 0 spiro atoms. The van der Waals surface area contributed by atoms with Gasteiger partial charge in [-0.25, -0.2) is 0 Å². The fraction of sp³-hybridized carbons (Fsp3) is 0.136. The standard InChI is InChI=1S/C22H20ClNO2/c23-19-12-6-11-18(16-19)22(25)24-20-13-4-5-14-21(20)26-15-7-10-17-8-2-1-3-9-17/h1-6,8-9,11-14,16H,7,10,15H2,(H,24,25). The number of amides is 1. The fourth-order valence-electron chi connectivity index (χ4n) is 2.62. The first-order chi connectivity index (χ1) is 12.7. The van der Waals surface area contributed by atoms with Crippen molar-refractivity contribution in [2.24, 2.45) is 0 Å². The van der Waals surface area contributed by atoms with Gasteiger partial charge in [0, 0.05) is 10.6 Å². The third kappa shape index (κ3) is 5.11. The molecule has 0 unspecified atom stereocenters. The number of ether oxygens (including phenoxy) is 1. The number of benzene rings is 3. The summed E-state index contributed by atoms with van der Waals surface area (Å²) >= 11 is 5.95. The molecule has 3 aromatic carbocycles. The third-order valence-corrected chi connectivity index (χ3v) is 4.17. The summed E-state index contributed by atoms with van der Waals surface area (Å²) in [4.78, 5) is 12.4. The lowest BCUT2D eigenvalue weighted by Gasteiger charge is -2.12. The highest BCUT2D eigenvalue weighted by Crippen LogP contribution is 2.25. The van der Waals surface area contributed by atoms with Gasteiger partial charge in [-0.2, -0.15) is 0 Å². The monoisotopic (exact) mass is 365 g/mol. The first kappa shape index (κ1) is 18.0. The molecule has 3 rings (SSSR count). The van der Waals surface area contributed by atoms with Crippen LogP contribution in [0.4, 0.5) is 5.69 Å². The average molecular weight is 366 g/mol. The smallest absolute Gasteiger partial charge is 0.255 e. The molecule has 0 aliphatic carbocycles. The largest absolute Gasteiger partial charge is 0.491 e. The average Bonchev–Trinajstić information content (AvgIpc) is 2.67. The highest BCUT2D eigenvalue weighted by molar-refractivity contribution is 6.31. The second-order valence-electron chi connectivity index (χ2n) is 5.90. The second kappa shape index (κ2) is 9.07. The van der Waals surface area contributed by atoms with Crippen LogP contribution in [0.15, 0.2) is 78.9 Å². The molecule has 0 aliphatic rings. The lowest BCUT2D eigenvalue weighted by molar-refractivity contribution is 0.102. The lowest BCUT2D eigenvalue weighted by Crippen LogP contribution is -2.13. The zero-order valence-corrected chi connectivity index (χ0v) is 15.1. The van der Waals surface area contributed by atoms with E-state index in [-0.39, 0.29) is 5.91 Å². The Labute approximate surface area is 158 Å². The van der Waals surface area contributed by atoms with Gasteiger partial charge in [-0.3, -0.25) is 4.79 Å². The Hall–Kier alpha value is -2.78. The summed E-state index contributed by atoms with van der Waals surface area (Å²) in [6.45, 7) is 0.582. The van der Waals surface area contributed by atoms with E-state index in [0.717, 1.165) is 12.8 Å². The van der Waals surface area contributed by atoms with Gasteiger partial charge in [0.05, 0.1) is 12.3 Å². The van der Waals surface area contributed by atoms with Gasteiger partial charge >= 0.3 is 0 Å². The molecule has 0 atom stereocenters. The molecule has 3 aromatic rings. The molecule has 26 heavy (non-hydrogen) atoms. The summed E-state index contributed by atoms with van der Waals surface area (Å²) in [5.41, 5.74) is 2.45. The van der Waals surface area contributed by atoms with Crippen molar-refractivity contribution in [3.05, 3.63) is 95.0 Å². The van der Waals surface area contributed by atoms with E-state index in [1.54, 1.807) is 24.3 Å². The summed E-state index contributed by atoms with van der Waals surface area (Å²) in [5, 5.41) is 3.42. The molecular formula is C22H20ClNO2. The van der Waals surface area contributed by atoms with Crippen molar-refractivity contribution >= 4 is 23.2 Å². The van der Waals surface area contributed by atoms with Crippen LogP contribution < -0.4 is 10.1 Å². The summed E-state index contributed by atoms with van der Waals surface area (Å²) in [5.74, 6) is 0.448. The number of anilines is 1. The van der Waals surface area contributed by atoms with Crippen LogP contribution in [0.5, 0.6) is 5.75 Å². The number of rotatable bonds is 7. The molecule has 0 heterocycles. The van der Waals surface area contributed by atoms with Crippen LogP contribution in [0.25, 0.3) is 0 Å². The molecule has 0 aliphatic heterocycles. The maximum absolute atomic E-state index is 12.4. The van der Waals surface area contributed by atoms with Gasteiger partial charge in [-0.1, -0.05) is 60.1 Å². The lowest BCUT2D eigenvalue weighted by atomic mass is 10.1. The molecule has 0 radical (unpaired) electrons. The van der Waals surface area contributed by atoms with E-state index in [1.807, 2.05) is 42.5 Å². The van der Waals surface area contributed by atoms with Crippen LogP contribution in [0.1, 0.15) is 22.3 Å². The van der Waals surface area contributed by atoms with Crippen molar-refractivity contribution in [3.8, 4) is 5.75 Å². The number of carbonyl (C=O) groups is 1. The van der Waals surface area contributed by atoms with E-state index in [1.165, 1.54) is 5.56 Å². The normalized spacial score (nSPS) is 10.3. The van der Waals surface area contributed by atoms with Gasteiger partial charge in [-0.05, 0) is 48.7 Å². The summed E-state index contributed by atoms with van der Waals surface area (Å²) < 4.78 is 5.88. The summed E-state index contributed by atoms with van der Waals surface area (Å²) in [6.07, 6.45) is 1.86. The number of nitrogens with one attached hydrogen (secondary N) is 1. The Balaban J connectivity index is 1.58. The molecule has 0 saturated heterocycles. The van der Waals surface area contributed by atoms with E-state index >= 15 is 0 Å². The molecule has 132 valence electrons. The zero-order chi connectivity index (χ0) is 18.2. The minimum Gasteiger partial charge on any atom is -0.491 e. The predicted octanol–water partition coefficient (Wildman–Crippen LogP) is 5.60. The van der Waals surface area contributed by atoms with Gasteiger partial charge in [0.2, 0.25) is 0 Å². The van der Waals surface area contributed by atoms with Gasteiger partial charge in [0.1, 0.15) is 5.75 Å². The van der Waals surface area contributed by atoms with Crippen LogP contribution in [0, 0.1) is 0 Å². The van der Waals surface area contributed by atoms with Crippen LogP contribution >= 0.6 is 11.6 Å². The number of carbonyl (C=O) groups excluding carboxylic acids is 1. The first-order valence-electron chi connectivity index (χ1n) is 8.55. The maximum Gasteiger partial charge on any atom is 0.255 e. The molecule has 0 aromatic heterocycles. The highest BCUT2D eigenvalue weighted by atomic mass is 35.5. The minimum absolute atomic E-state index is 0.215. The molecule has 1 amide bonds. The number of para-hydroxylation sites is 2. The highest BCUT2D eigenvalue weighted by Gasteiger charge is 2.10. The Morgan fingerprint density at radius 3 is 2.50 bits per heavy atom. The van der Waals surface area contributed by atoms with Gasteiger partial charge in [0.15, 0.2) is 0 Å². The second-order valence-corrected chi connectivity index (χ2v) is 6.33. The van der Waals surface area contributed by atoms with E-state index in [0.29, 0.717) is 28.6 Å². The van der Waals surface area contributed by atoms with E-state index in [9.17, 15) is 4.79 Å². The molecular weight excluding hydrogens is 346 g/mol. The molecule has 4 heteroatoms. The molecule has 0 fully saturated rings. The van der Waals surface area contributed by atoms with Crippen molar-refractivity contribution in [1.82, 2.24) is 0 Å². The Bertz CT molecular complexity index is 865. The van der Waals surface area contributed by atoms with E-state index in [4.69, 9.17) is 16.3 Å². The van der Waals surface area contributed by atoms with Gasteiger partial charge in [0.25, 0.3) is 5.91 Å². The van der Waals surface area contributed by atoms with Crippen molar-refractivity contribution in [2.75, 3.05) is 11.9 Å². The fourth-order valence-corrected chi connectivity index (χ4v) is 2.81. The topological polar surface area (TPSA) is 38.3 Å². The molecule has 1 N–H and O–H groups in total. The van der Waals surface area contributed by atoms with E-state index in [2.05, 4.69) is 17.4 Å². The Morgan fingerprint density at radius 2 is 1.69 bits per heavy atom. The van der Waals surface area contributed by atoms with Crippen molar-refractivity contribution < 1.29 is 9.53 Å². The maximum atomic E-state index is 12.4. The van der Waals surface area contributed by atoms with Crippen molar-refractivity contribution in [3.63, 3.8) is 0 Å². The van der Waals surface area contributed by atoms with Crippen molar-refractivity contribution in [2.45, 2.75) is 12.8 Å². The van der Waals surface area contributed by atoms with E-state index < -0.39 is 0 Å². The van der Waals surface area contributed by atoms with Crippen LogP contribution in [-0.2, 0) is 6.42 Å². The predicted molar refractivity (Wildman–Crippen MR) is 106 cm³/mol. The summed E-state index contributed by atoms with van der Waals surface area (Å²) in [6, 6.07) is 24.6. The van der Waals surface area contributed by atoms with Gasteiger partial charge < -0.3 is 10.1 Å². The van der Waals surface area contributed by atoms with Gasteiger partial charge in [-0.15, -0.1) is 0 Å². The third-order valence-electron chi connectivity index (χ3n) is 3.93. The number of aryl methyl sites for hydroxylation is 1. The molecule has 3 nitrogen and oxygen atoms in total. The number of hydrogen-bond acceptors (Lipinski definition) is 2.